The number of rotatable bonds is 9. The molecule has 3 unspecified atom stereocenters. The van der Waals surface area contributed by atoms with E-state index in [9.17, 15) is 32.9 Å². The average Bonchev–Trinajstić information content (AvgIpc) is 2.84. The number of aromatic nitrogens is 1. The number of nitrogens with one attached hydrogen (secondary N) is 1. The molecule has 31 heavy (non-hydrogen) atoms. The molecule has 1 aromatic heterocycles. The Morgan fingerprint density at radius 3 is 2.29 bits per heavy atom. The molecule has 19 heteroatoms. The second-order valence-corrected chi connectivity index (χ2v) is 10.6. The molecule has 1 saturated heterocycles. The lowest BCUT2D eigenvalue weighted by Gasteiger charge is -2.20. The van der Waals surface area contributed by atoms with E-state index in [0.29, 0.717) is 6.07 Å². The fourth-order valence-corrected chi connectivity index (χ4v) is 5.88. The van der Waals surface area contributed by atoms with Crippen LogP contribution in [0.1, 0.15) is 17.4 Å². The predicted molar refractivity (Wildman–Crippen MR) is 96.0 cm³/mol. The molecular formula is C12H19FNO14P3. The van der Waals surface area contributed by atoms with Crippen molar-refractivity contribution < 1.29 is 65.4 Å². The lowest BCUT2D eigenvalue weighted by Crippen LogP contribution is -2.34. The van der Waals surface area contributed by atoms with E-state index < -0.39 is 65.9 Å². The summed E-state index contributed by atoms with van der Waals surface area (Å²) in [4.78, 5) is 49.3. The summed E-state index contributed by atoms with van der Waals surface area (Å²) in [7, 11) is -15.6. The largest absolute Gasteiger partial charge is 0.490 e. The molecule has 0 bridgehead atoms. The van der Waals surface area contributed by atoms with Gasteiger partial charge in [0.15, 0.2) is 0 Å². The van der Waals surface area contributed by atoms with Crippen molar-refractivity contribution in [2.45, 2.75) is 31.3 Å². The van der Waals surface area contributed by atoms with Crippen molar-refractivity contribution >= 4 is 23.5 Å². The third-order valence-corrected chi connectivity index (χ3v) is 7.74. The predicted octanol–water partition coefficient (Wildman–Crippen LogP) is -0.0185. The number of hydrogen-bond acceptors (Lipinski definition) is 10. The Labute approximate surface area is 173 Å². The second-order valence-electron chi connectivity index (χ2n) is 6.19. The van der Waals surface area contributed by atoms with Crippen molar-refractivity contribution in [2.24, 2.45) is 0 Å². The molecule has 0 saturated carbocycles. The van der Waals surface area contributed by atoms with Crippen LogP contribution in [0.5, 0.6) is 0 Å². The van der Waals surface area contributed by atoms with Crippen molar-refractivity contribution in [3.8, 4) is 0 Å². The standard InChI is InChI=1S/C12H19FNO14P3/c1-5-9(6(13)3-8(15)14-5)11-12(24-2)10(16)7(26-11)4-25-30(20,21)28-31(22,23)27-29(17,18)19/h3,7,10-12,16H,4H2,1-2H3,(H,14,15)(H,20,21)(H,22,23)(H2,17,18,19)/t7-,10?,11+,12+/m1/s1. The molecule has 0 radical (unpaired) electrons. The highest BCUT2D eigenvalue weighted by Gasteiger charge is 2.48. The molecule has 0 aromatic carbocycles. The minimum atomic E-state index is -5.72. The fourth-order valence-electron chi connectivity index (χ4n) is 2.85. The van der Waals surface area contributed by atoms with Crippen LogP contribution in [0.15, 0.2) is 10.9 Å². The van der Waals surface area contributed by atoms with Gasteiger partial charge in [0.05, 0.1) is 6.61 Å². The van der Waals surface area contributed by atoms with Crippen LogP contribution in [0.25, 0.3) is 0 Å². The average molecular weight is 513 g/mol. The molecule has 1 aliphatic rings. The van der Waals surface area contributed by atoms with Gasteiger partial charge in [0.2, 0.25) is 0 Å². The van der Waals surface area contributed by atoms with Gasteiger partial charge in [0.1, 0.15) is 30.2 Å². The van der Waals surface area contributed by atoms with Gasteiger partial charge in [0.25, 0.3) is 5.56 Å². The van der Waals surface area contributed by atoms with E-state index in [4.69, 9.17) is 24.2 Å². The van der Waals surface area contributed by atoms with Crippen LogP contribution in [-0.2, 0) is 36.3 Å². The van der Waals surface area contributed by atoms with Crippen LogP contribution in [0.2, 0.25) is 0 Å². The van der Waals surface area contributed by atoms with Crippen molar-refractivity contribution in [3.05, 3.63) is 33.5 Å². The van der Waals surface area contributed by atoms with Crippen molar-refractivity contribution in [3.63, 3.8) is 0 Å². The monoisotopic (exact) mass is 513 g/mol. The normalized spacial score (nSPS) is 28.3. The maximum atomic E-state index is 14.3. The summed E-state index contributed by atoms with van der Waals surface area (Å²) in [6.07, 6.45) is -5.52. The van der Waals surface area contributed by atoms with Gasteiger partial charge in [-0.3, -0.25) is 9.32 Å². The minimum absolute atomic E-state index is 0.0674. The molecule has 15 nitrogen and oxygen atoms in total. The smallest absolute Gasteiger partial charge is 0.387 e. The highest BCUT2D eigenvalue weighted by Crippen LogP contribution is 2.66. The van der Waals surface area contributed by atoms with Crippen molar-refractivity contribution in [1.29, 1.82) is 0 Å². The van der Waals surface area contributed by atoms with Crippen molar-refractivity contribution in [1.82, 2.24) is 4.98 Å². The number of halogens is 1. The number of ether oxygens (including phenoxy) is 2. The summed E-state index contributed by atoms with van der Waals surface area (Å²) in [6, 6.07) is 0.643. The summed E-state index contributed by atoms with van der Waals surface area (Å²) < 4.78 is 70.1. The molecule has 2 rings (SSSR count). The molecule has 1 fully saturated rings. The summed E-state index contributed by atoms with van der Waals surface area (Å²) in [6.45, 7) is 0.396. The zero-order valence-electron chi connectivity index (χ0n) is 15.7. The van der Waals surface area contributed by atoms with E-state index in [-0.39, 0.29) is 11.3 Å². The van der Waals surface area contributed by atoms with E-state index in [1.165, 1.54) is 6.92 Å². The topological polar surface area (TPSA) is 231 Å². The van der Waals surface area contributed by atoms with E-state index in [1.807, 2.05) is 0 Å². The number of aliphatic hydroxyl groups excluding tert-OH is 1. The lowest BCUT2D eigenvalue weighted by molar-refractivity contribution is -0.0245. The van der Waals surface area contributed by atoms with Crippen LogP contribution in [-0.4, -0.2) is 61.7 Å². The highest BCUT2D eigenvalue weighted by atomic mass is 31.3. The van der Waals surface area contributed by atoms with Gasteiger partial charge in [-0.2, -0.15) is 8.62 Å². The summed E-state index contributed by atoms with van der Waals surface area (Å²) in [5.74, 6) is -0.964. The van der Waals surface area contributed by atoms with Gasteiger partial charge in [-0.1, -0.05) is 0 Å². The van der Waals surface area contributed by atoms with E-state index in [1.54, 1.807) is 0 Å². The molecule has 0 aliphatic carbocycles. The minimum Gasteiger partial charge on any atom is -0.387 e. The zero-order valence-corrected chi connectivity index (χ0v) is 18.4. The Morgan fingerprint density at radius 2 is 1.77 bits per heavy atom. The Balaban J connectivity index is 2.14. The second kappa shape index (κ2) is 9.57. The van der Waals surface area contributed by atoms with Gasteiger partial charge in [-0.25, -0.2) is 18.1 Å². The summed E-state index contributed by atoms with van der Waals surface area (Å²) in [5.41, 5.74) is -0.820. The molecule has 6 N–H and O–H groups in total. The number of methoxy groups -OCH3 is 1. The van der Waals surface area contributed by atoms with Gasteiger partial charge < -0.3 is 39.1 Å². The highest BCUT2D eigenvalue weighted by molar-refractivity contribution is 7.66. The van der Waals surface area contributed by atoms with Crippen LogP contribution in [0.3, 0.4) is 0 Å². The Hall–Kier alpha value is -0.830. The zero-order chi connectivity index (χ0) is 23.8. The quantitative estimate of drug-likeness (QED) is 0.238. The van der Waals surface area contributed by atoms with E-state index >= 15 is 0 Å². The molecule has 178 valence electrons. The lowest BCUT2D eigenvalue weighted by atomic mass is 10.00. The van der Waals surface area contributed by atoms with Crippen LogP contribution < -0.4 is 5.56 Å². The fraction of sp³-hybridized carbons (Fsp3) is 0.583. The molecule has 1 aromatic rings. The van der Waals surface area contributed by atoms with Gasteiger partial charge in [0, 0.05) is 24.4 Å². The van der Waals surface area contributed by atoms with Crippen LogP contribution in [0, 0.1) is 12.7 Å². The summed E-state index contributed by atoms with van der Waals surface area (Å²) in [5, 5.41) is 10.3. The third kappa shape index (κ3) is 7.07. The maximum Gasteiger partial charge on any atom is 0.490 e. The van der Waals surface area contributed by atoms with Gasteiger partial charge in [-0.15, -0.1) is 0 Å². The number of phosphoric ester groups is 1. The number of aromatic amines is 1. The first kappa shape index (κ1) is 26.4. The maximum absolute atomic E-state index is 14.3. The first-order valence-corrected chi connectivity index (χ1v) is 12.6. The van der Waals surface area contributed by atoms with Crippen LogP contribution in [0.4, 0.5) is 4.39 Å². The number of H-pyrrole nitrogens is 1. The molecule has 1 aliphatic heterocycles. The molecule has 6 atom stereocenters. The molecular weight excluding hydrogens is 494 g/mol. The first-order chi connectivity index (χ1) is 14.1. The Bertz CT molecular complexity index is 982. The van der Waals surface area contributed by atoms with Gasteiger partial charge >= 0.3 is 23.5 Å². The number of pyridine rings is 1. The number of aliphatic hydroxyl groups is 1. The Morgan fingerprint density at radius 1 is 1.16 bits per heavy atom. The Kier molecular flexibility index (Phi) is 8.16. The van der Waals surface area contributed by atoms with E-state index in [2.05, 4.69) is 18.1 Å². The number of phosphoric acid groups is 3. The summed E-state index contributed by atoms with van der Waals surface area (Å²) >= 11 is 0. The van der Waals surface area contributed by atoms with Crippen LogP contribution >= 0.6 is 23.5 Å². The molecule has 0 spiro atoms. The van der Waals surface area contributed by atoms with E-state index in [0.717, 1.165) is 7.11 Å². The SMILES string of the molecule is CO[C@H]1C(O)[C@@H](COP(=O)(O)OP(=O)(O)OP(=O)(O)O)O[C@H]1c1c(F)cc(=O)[nH]c1C. The third-order valence-electron chi connectivity index (χ3n) is 3.94. The van der Waals surface area contributed by atoms with Crippen molar-refractivity contribution in [2.75, 3.05) is 13.7 Å². The number of aryl methyl sites for hydroxylation is 1. The van der Waals surface area contributed by atoms with Gasteiger partial charge in [-0.05, 0) is 6.92 Å². The first-order valence-electron chi connectivity index (χ1n) is 8.09. The number of hydrogen-bond donors (Lipinski definition) is 6. The molecule has 2 heterocycles. The molecule has 0 amide bonds.